The predicted octanol–water partition coefficient (Wildman–Crippen LogP) is 2.16. The van der Waals surface area contributed by atoms with E-state index in [0.29, 0.717) is 18.1 Å². The second-order valence-corrected chi connectivity index (χ2v) is 4.77. The van der Waals surface area contributed by atoms with E-state index in [4.69, 9.17) is 11.5 Å². The normalized spacial score (nSPS) is 10.7. The molecule has 0 fully saturated rings. The van der Waals surface area contributed by atoms with Crippen molar-refractivity contribution in [2.75, 3.05) is 11.5 Å². The molecule has 3 aromatic rings. The van der Waals surface area contributed by atoms with Crippen molar-refractivity contribution in [2.45, 2.75) is 6.42 Å². The molecule has 0 aliphatic rings. The van der Waals surface area contributed by atoms with Crippen LogP contribution in [-0.2, 0) is 6.42 Å². The molecule has 0 bridgehead atoms. The quantitative estimate of drug-likeness (QED) is 0.771. The summed E-state index contributed by atoms with van der Waals surface area (Å²) >= 11 is 0. The summed E-state index contributed by atoms with van der Waals surface area (Å²) in [5.41, 5.74) is 14.1. The van der Waals surface area contributed by atoms with Gasteiger partial charge in [-0.15, -0.1) is 0 Å². The third kappa shape index (κ3) is 3.00. The van der Waals surface area contributed by atoms with E-state index in [1.54, 1.807) is 35.1 Å². The number of hydrogen-bond donors (Lipinski definition) is 2. The fourth-order valence-electron chi connectivity index (χ4n) is 2.16. The van der Waals surface area contributed by atoms with Crippen molar-refractivity contribution in [3.8, 4) is 5.69 Å². The first kappa shape index (κ1) is 13.1. The van der Waals surface area contributed by atoms with Crippen molar-refractivity contribution in [1.29, 1.82) is 0 Å². The zero-order valence-electron chi connectivity index (χ0n) is 11.2. The van der Waals surface area contributed by atoms with E-state index in [2.05, 4.69) is 10.1 Å². The molecule has 2 heterocycles. The SMILES string of the molecule is Nc1cc(Cc2cnn(-c3ccc(F)cc3)c2)cc(N)n1. The van der Waals surface area contributed by atoms with Crippen molar-refractivity contribution in [3.63, 3.8) is 0 Å². The lowest BCUT2D eigenvalue weighted by atomic mass is 10.1. The Hall–Kier alpha value is -2.89. The summed E-state index contributed by atoms with van der Waals surface area (Å²) in [5.74, 6) is 0.528. The highest BCUT2D eigenvalue weighted by Crippen LogP contribution is 2.15. The third-order valence-electron chi connectivity index (χ3n) is 3.06. The van der Waals surface area contributed by atoms with Crippen LogP contribution in [0.3, 0.4) is 0 Å². The summed E-state index contributed by atoms with van der Waals surface area (Å²) in [6, 6.07) is 9.72. The maximum atomic E-state index is 12.9. The molecule has 106 valence electrons. The molecule has 0 aliphatic carbocycles. The standard InChI is InChI=1S/C15H14FN5/c16-12-1-3-13(4-2-12)21-9-11(8-19-21)5-10-6-14(17)20-15(18)7-10/h1-4,6-9H,5H2,(H4,17,18,20). The summed E-state index contributed by atoms with van der Waals surface area (Å²) in [7, 11) is 0. The van der Waals surface area contributed by atoms with Crippen LogP contribution < -0.4 is 11.5 Å². The van der Waals surface area contributed by atoms with Crippen LogP contribution in [0, 0.1) is 5.82 Å². The Kier molecular flexibility index (Phi) is 3.27. The molecule has 4 N–H and O–H groups in total. The number of pyridine rings is 1. The summed E-state index contributed by atoms with van der Waals surface area (Å²) < 4.78 is 14.6. The molecule has 6 heteroatoms. The summed E-state index contributed by atoms with van der Waals surface area (Å²) in [6.07, 6.45) is 4.30. The van der Waals surface area contributed by atoms with Crippen molar-refractivity contribution in [1.82, 2.24) is 14.8 Å². The monoisotopic (exact) mass is 283 g/mol. The molecule has 3 rings (SSSR count). The first-order valence-corrected chi connectivity index (χ1v) is 6.41. The Morgan fingerprint density at radius 2 is 1.67 bits per heavy atom. The number of halogens is 1. The number of rotatable bonds is 3. The van der Waals surface area contributed by atoms with Gasteiger partial charge in [-0.3, -0.25) is 0 Å². The number of aromatic nitrogens is 3. The molecule has 5 nitrogen and oxygen atoms in total. The molecule has 0 aliphatic heterocycles. The number of nitrogens with two attached hydrogens (primary N) is 2. The van der Waals surface area contributed by atoms with Gasteiger partial charge in [-0.05, 0) is 47.5 Å². The van der Waals surface area contributed by atoms with Gasteiger partial charge in [-0.25, -0.2) is 14.1 Å². The van der Waals surface area contributed by atoms with Crippen LogP contribution in [0.25, 0.3) is 5.69 Å². The molecule has 0 saturated heterocycles. The molecule has 0 unspecified atom stereocenters. The average molecular weight is 283 g/mol. The van der Waals surface area contributed by atoms with E-state index in [0.717, 1.165) is 16.8 Å². The summed E-state index contributed by atoms with van der Waals surface area (Å²) in [4.78, 5) is 3.94. The maximum absolute atomic E-state index is 12.9. The molecule has 0 atom stereocenters. The lowest BCUT2D eigenvalue weighted by molar-refractivity contribution is 0.627. The van der Waals surface area contributed by atoms with E-state index in [1.807, 2.05) is 6.20 Å². The van der Waals surface area contributed by atoms with Gasteiger partial charge >= 0.3 is 0 Å². The number of nitrogens with zero attached hydrogens (tertiary/aromatic N) is 3. The van der Waals surface area contributed by atoms with Crippen LogP contribution in [0.2, 0.25) is 0 Å². The van der Waals surface area contributed by atoms with Crippen LogP contribution in [0.1, 0.15) is 11.1 Å². The average Bonchev–Trinajstić information content (AvgIpc) is 2.87. The van der Waals surface area contributed by atoms with Gasteiger partial charge in [-0.2, -0.15) is 5.10 Å². The second-order valence-electron chi connectivity index (χ2n) is 4.77. The maximum Gasteiger partial charge on any atom is 0.126 e. The summed E-state index contributed by atoms with van der Waals surface area (Å²) in [5, 5.41) is 4.27. The third-order valence-corrected chi connectivity index (χ3v) is 3.06. The van der Waals surface area contributed by atoms with Gasteiger partial charge in [0.05, 0.1) is 11.9 Å². The van der Waals surface area contributed by atoms with Crippen molar-refractivity contribution >= 4 is 11.6 Å². The first-order valence-electron chi connectivity index (χ1n) is 6.41. The Morgan fingerprint density at radius 1 is 1.00 bits per heavy atom. The highest BCUT2D eigenvalue weighted by Gasteiger charge is 2.04. The molecular formula is C15H14FN5. The first-order chi connectivity index (χ1) is 10.1. The van der Waals surface area contributed by atoms with Gasteiger partial charge in [0.15, 0.2) is 0 Å². The highest BCUT2D eigenvalue weighted by atomic mass is 19.1. The van der Waals surface area contributed by atoms with Gasteiger partial charge in [-0.1, -0.05) is 0 Å². The highest BCUT2D eigenvalue weighted by molar-refractivity contribution is 5.45. The second kappa shape index (κ2) is 5.24. The van der Waals surface area contributed by atoms with Crippen LogP contribution in [0.4, 0.5) is 16.0 Å². The molecular weight excluding hydrogens is 269 g/mol. The Labute approximate surface area is 121 Å². The number of hydrogen-bond acceptors (Lipinski definition) is 4. The zero-order chi connectivity index (χ0) is 14.8. The van der Waals surface area contributed by atoms with Gasteiger partial charge < -0.3 is 11.5 Å². The fourth-order valence-corrected chi connectivity index (χ4v) is 2.16. The van der Waals surface area contributed by atoms with Crippen LogP contribution in [0.5, 0.6) is 0 Å². The minimum absolute atomic E-state index is 0.270. The smallest absolute Gasteiger partial charge is 0.126 e. The molecule has 0 spiro atoms. The lowest BCUT2D eigenvalue weighted by Gasteiger charge is -2.02. The number of benzene rings is 1. The van der Waals surface area contributed by atoms with E-state index in [-0.39, 0.29) is 5.82 Å². The lowest BCUT2D eigenvalue weighted by Crippen LogP contribution is -1.98. The fraction of sp³-hybridized carbons (Fsp3) is 0.0667. The molecule has 1 aromatic carbocycles. The minimum Gasteiger partial charge on any atom is -0.384 e. The topological polar surface area (TPSA) is 82.8 Å². The minimum atomic E-state index is -0.270. The molecule has 0 amide bonds. The van der Waals surface area contributed by atoms with E-state index < -0.39 is 0 Å². The van der Waals surface area contributed by atoms with Gasteiger partial charge in [0.25, 0.3) is 0 Å². The van der Waals surface area contributed by atoms with Gasteiger partial charge in [0, 0.05) is 12.6 Å². The number of nitrogen functional groups attached to an aromatic ring is 2. The van der Waals surface area contributed by atoms with Crippen LogP contribution in [0.15, 0.2) is 48.8 Å². The Balaban J connectivity index is 1.83. The van der Waals surface area contributed by atoms with Crippen LogP contribution >= 0.6 is 0 Å². The van der Waals surface area contributed by atoms with E-state index in [9.17, 15) is 4.39 Å². The molecule has 0 saturated carbocycles. The Bertz CT molecular complexity index is 744. The van der Waals surface area contributed by atoms with Crippen molar-refractivity contribution < 1.29 is 4.39 Å². The van der Waals surface area contributed by atoms with Crippen molar-refractivity contribution in [2.24, 2.45) is 0 Å². The predicted molar refractivity (Wildman–Crippen MR) is 79.4 cm³/mol. The van der Waals surface area contributed by atoms with Crippen LogP contribution in [-0.4, -0.2) is 14.8 Å². The Morgan fingerprint density at radius 3 is 2.33 bits per heavy atom. The number of anilines is 2. The van der Waals surface area contributed by atoms with E-state index in [1.165, 1.54) is 12.1 Å². The molecule has 21 heavy (non-hydrogen) atoms. The zero-order valence-corrected chi connectivity index (χ0v) is 11.2. The van der Waals surface area contributed by atoms with Gasteiger partial charge in [0.1, 0.15) is 17.5 Å². The summed E-state index contributed by atoms with van der Waals surface area (Å²) in [6.45, 7) is 0. The van der Waals surface area contributed by atoms with Crippen molar-refractivity contribution in [3.05, 3.63) is 65.7 Å². The largest absolute Gasteiger partial charge is 0.384 e. The molecule has 0 radical (unpaired) electrons. The molecule has 2 aromatic heterocycles. The van der Waals surface area contributed by atoms with E-state index >= 15 is 0 Å². The van der Waals surface area contributed by atoms with Gasteiger partial charge in [0.2, 0.25) is 0 Å².